The summed E-state index contributed by atoms with van der Waals surface area (Å²) in [6.07, 6.45) is 7.97. The first-order chi connectivity index (χ1) is 12.5. The minimum atomic E-state index is -0.399. The van der Waals surface area contributed by atoms with E-state index < -0.39 is 5.82 Å². The Morgan fingerprint density at radius 2 is 2.12 bits per heavy atom. The molecule has 1 aliphatic carbocycles. The van der Waals surface area contributed by atoms with Crippen molar-refractivity contribution in [3.8, 4) is 0 Å². The van der Waals surface area contributed by atoms with Gasteiger partial charge in [0.1, 0.15) is 5.82 Å². The highest BCUT2D eigenvalue weighted by Crippen LogP contribution is 2.19. The van der Waals surface area contributed by atoms with Gasteiger partial charge in [0.15, 0.2) is 12.6 Å². The molecule has 5 nitrogen and oxygen atoms in total. The second-order valence-corrected chi connectivity index (χ2v) is 6.95. The van der Waals surface area contributed by atoms with Crippen molar-refractivity contribution in [3.05, 3.63) is 41.7 Å². The number of hydrogen-bond donors (Lipinski definition) is 3. The van der Waals surface area contributed by atoms with Gasteiger partial charge in [-0.1, -0.05) is 17.7 Å². The van der Waals surface area contributed by atoms with Crippen molar-refractivity contribution in [2.75, 3.05) is 25.5 Å². The summed E-state index contributed by atoms with van der Waals surface area (Å²) in [6.45, 7) is 2.58. The van der Waals surface area contributed by atoms with Gasteiger partial charge >= 0.3 is 0 Å². The molecule has 26 heavy (non-hydrogen) atoms. The summed E-state index contributed by atoms with van der Waals surface area (Å²) in [5.41, 5.74) is 1.85. The smallest absolute Gasteiger partial charge is 0.279 e. The Balaban J connectivity index is 1.72. The minimum absolute atomic E-state index is 0.0579. The van der Waals surface area contributed by atoms with Crippen molar-refractivity contribution < 1.29 is 18.9 Å². The first kappa shape index (κ1) is 20.1. The number of allylic oxidation sites excluding steroid dienone is 1. The highest BCUT2D eigenvalue weighted by Gasteiger charge is 2.23. The molecule has 1 unspecified atom stereocenters. The molecule has 0 bridgehead atoms. The zero-order chi connectivity index (χ0) is 18.9. The van der Waals surface area contributed by atoms with E-state index in [1.807, 2.05) is 0 Å². The zero-order valence-electron chi connectivity index (χ0n) is 15.6. The summed E-state index contributed by atoms with van der Waals surface area (Å²) in [5.74, 6) is -0.707. The quantitative estimate of drug-likeness (QED) is 0.616. The highest BCUT2D eigenvalue weighted by atomic mass is 19.1. The molecule has 1 aliphatic rings. The lowest BCUT2D eigenvalue weighted by Crippen LogP contribution is -3.15. The van der Waals surface area contributed by atoms with Crippen LogP contribution in [0.2, 0.25) is 0 Å². The van der Waals surface area contributed by atoms with Crippen molar-refractivity contribution in [2.24, 2.45) is 0 Å². The van der Waals surface area contributed by atoms with Gasteiger partial charge in [-0.25, -0.2) is 4.39 Å². The third-order valence-corrected chi connectivity index (χ3v) is 4.81. The standard InChI is InChI=1S/C20H28FN3O2/c1-15(20(26)22-12-11-16-7-4-3-5-8-16)24(2)14-19(25)23-18-10-6-9-17(21)13-18/h6-7,9-10,13,15H,3-5,8,11-12,14H2,1-2H3,(H,22,26)(H,23,25)/p+1/t15-/m0/s1. The number of carbonyl (C=O) groups is 2. The predicted octanol–water partition coefficient (Wildman–Crippen LogP) is 1.67. The first-order valence-corrected chi connectivity index (χ1v) is 9.29. The number of halogens is 1. The predicted molar refractivity (Wildman–Crippen MR) is 100 cm³/mol. The number of quaternary nitrogens is 1. The number of anilines is 1. The van der Waals surface area contributed by atoms with E-state index in [9.17, 15) is 14.0 Å². The summed E-state index contributed by atoms with van der Waals surface area (Å²) in [5, 5.41) is 5.61. The number of likely N-dealkylation sites (N-methyl/N-ethyl adjacent to an activating group) is 1. The molecule has 0 aliphatic heterocycles. The fourth-order valence-corrected chi connectivity index (χ4v) is 3.03. The lowest BCUT2D eigenvalue weighted by Gasteiger charge is -2.21. The molecular formula is C20H29FN3O2+. The topological polar surface area (TPSA) is 62.6 Å². The molecule has 1 aromatic rings. The van der Waals surface area contributed by atoms with E-state index >= 15 is 0 Å². The van der Waals surface area contributed by atoms with Crippen molar-refractivity contribution in [3.63, 3.8) is 0 Å². The number of amides is 2. The van der Waals surface area contributed by atoms with Gasteiger partial charge in [-0.05, 0) is 57.2 Å². The fraction of sp³-hybridized carbons (Fsp3) is 0.500. The molecule has 0 saturated heterocycles. The molecule has 2 atom stereocenters. The van der Waals surface area contributed by atoms with Crippen LogP contribution in [-0.4, -0.2) is 38.0 Å². The van der Waals surface area contributed by atoms with E-state index in [0.717, 1.165) is 24.2 Å². The summed E-state index contributed by atoms with van der Waals surface area (Å²) in [4.78, 5) is 25.2. The summed E-state index contributed by atoms with van der Waals surface area (Å²) >= 11 is 0. The van der Waals surface area contributed by atoms with Crippen LogP contribution < -0.4 is 15.5 Å². The van der Waals surface area contributed by atoms with Gasteiger partial charge in [0, 0.05) is 12.2 Å². The van der Waals surface area contributed by atoms with E-state index in [2.05, 4.69) is 16.7 Å². The molecule has 142 valence electrons. The molecule has 0 saturated carbocycles. The Hall–Kier alpha value is -2.21. The van der Waals surface area contributed by atoms with Gasteiger partial charge < -0.3 is 15.5 Å². The number of nitrogens with one attached hydrogen (secondary N) is 3. The van der Waals surface area contributed by atoms with Crippen LogP contribution in [-0.2, 0) is 9.59 Å². The van der Waals surface area contributed by atoms with Crippen LogP contribution >= 0.6 is 0 Å². The fourth-order valence-electron chi connectivity index (χ4n) is 3.03. The number of hydrogen-bond acceptors (Lipinski definition) is 2. The molecule has 6 heteroatoms. The van der Waals surface area contributed by atoms with Crippen LogP contribution in [0.1, 0.15) is 39.0 Å². The maximum absolute atomic E-state index is 13.2. The Bertz CT molecular complexity index is 660. The summed E-state index contributed by atoms with van der Waals surface area (Å²) < 4.78 is 13.2. The van der Waals surface area contributed by atoms with Crippen LogP contribution in [0.4, 0.5) is 10.1 Å². The van der Waals surface area contributed by atoms with Crippen LogP contribution in [0, 0.1) is 5.82 Å². The second-order valence-electron chi connectivity index (χ2n) is 6.95. The maximum atomic E-state index is 13.2. The van der Waals surface area contributed by atoms with E-state index in [-0.39, 0.29) is 24.4 Å². The third kappa shape index (κ3) is 6.59. The van der Waals surface area contributed by atoms with Crippen LogP contribution in [0.25, 0.3) is 0 Å². The number of carbonyl (C=O) groups excluding carboxylic acids is 2. The monoisotopic (exact) mass is 362 g/mol. The van der Waals surface area contributed by atoms with Crippen molar-refractivity contribution in [1.82, 2.24) is 5.32 Å². The molecule has 0 aromatic heterocycles. The zero-order valence-corrected chi connectivity index (χ0v) is 15.6. The Labute approximate surface area is 154 Å². The maximum Gasteiger partial charge on any atom is 0.279 e. The average Bonchev–Trinajstić information content (AvgIpc) is 2.61. The van der Waals surface area contributed by atoms with Crippen molar-refractivity contribution in [1.29, 1.82) is 0 Å². The van der Waals surface area contributed by atoms with E-state index in [1.54, 1.807) is 26.1 Å². The molecule has 2 amide bonds. The van der Waals surface area contributed by atoms with Gasteiger partial charge in [-0.15, -0.1) is 0 Å². The highest BCUT2D eigenvalue weighted by molar-refractivity contribution is 5.91. The third-order valence-electron chi connectivity index (χ3n) is 4.81. The number of rotatable bonds is 8. The van der Waals surface area contributed by atoms with Gasteiger partial charge in [0.2, 0.25) is 0 Å². The van der Waals surface area contributed by atoms with Crippen molar-refractivity contribution in [2.45, 2.75) is 45.1 Å². The van der Waals surface area contributed by atoms with Crippen LogP contribution in [0.15, 0.2) is 35.9 Å². The molecule has 1 aromatic carbocycles. The largest absolute Gasteiger partial charge is 0.351 e. The van der Waals surface area contributed by atoms with Crippen molar-refractivity contribution >= 4 is 17.5 Å². The van der Waals surface area contributed by atoms with E-state index in [4.69, 9.17) is 0 Å². The summed E-state index contributed by atoms with van der Waals surface area (Å²) in [7, 11) is 1.80. The molecule has 3 N–H and O–H groups in total. The molecule has 0 spiro atoms. The van der Waals surface area contributed by atoms with E-state index in [0.29, 0.717) is 12.2 Å². The van der Waals surface area contributed by atoms with E-state index in [1.165, 1.54) is 30.5 Å². The Morgan fingerprint density at radius 3 is 2.81 bits per heavy atom. The van der Waals surface area contributed by atoms with Gasteiger partial charge in [-0.2, -0.15) is 0 Å². The normalized spacial score (nSPS) is 16.3. The van der Waals surface area contributed by atoms with Gasteiger partial charge in [-0.3, -0.25) is 9.59 Å². The van der Waals surface area contributed by atoms with Crippen LogP contribution in [0.3, 0.4) is 0 Å². The van der Waals surface area contributed by atoms with Gasteiger partial charge in [0.05, 0.1) is 7.05 Å². The lowest BCUT2D eigenvalue weighted by atomic mass is 9.97. The Morgan fingerprint density at radius 1 is 1.31 bits per heavy atom. The Kier molecular flexibility index (Phi) is 7.78. The molecular weight excluding hydrogens is 333 g/mol. The SMILES string of the molecule is C[C@@H](C(=O)NCCC1=CCCCC1)[NH+](C)CC(=O)Nc1cccc(F)c1. The molecule has 0 radical (unpaired) electrons. The minimum Gasteiger partial charge on any atom is -0.351 e. The second kappa shape index (κ2) is 10.1. The molecule has 0 fully saturated rings. The number of benzene rings is 1. The molecule has 0 heterocycles. The molecule has 2 rings (SSSR count). The first-order valence-electron chi connectivity index (χ1n) is 9.29. The van der Waals surface area contributed by atoms with Gasteiger partial charge in [0.25, 0.3) is 11.8 Å². The average molecular weight is 362 g/mol. The lowest BCUT2D eigenvalue weighted by molar-refractivity contribution is -0.885. The van der Waals surface area contributed by atoms with Crippen LogP contribution in [0.5, 0.6) is 0 Å². The summed E-state index contributed by atoms with van der Waals surface area (Å²) in [6, 6.07) is 5.42.